The van der Waals surface area contributed by atoms with Crippen molar-refractivity contribution in [1.82, 2.24) is 44.6 Å². The summed E-state index contributed by atoms with van der Waals surface area (Å²) in [5, 5.41) is 14.9. The number of allylic oxidation sites excluding steroid dienone is 3. The number of aromatic nitrogens is 6. The Morgan fingerprint density at radius 3 is 1.58 bits per heavy atom. The lowest BCUT2D eigenvalue weighted by Crippen LogP contribution is -2.36. The highest BCUT2D eigenvalue weighted by Crippen LogP contribution is 2.37. The topological polar surface area (TPSA) is 161 Å². The molecule has 3 aromatic carbocycles. The minimum absolute atomic E-state index is 0. The van der Waals surface area contributed by atoms with Gasteiger partial charge >= 0.3 is 0 Å². The summed E-state index contributed by atoms with van der Waals surface area (Å²) in [5.74, 6) is -0.593. The molecule has 338 valence electrons. The first-order valence-corrected chi connectivity index (χ1v) is 22.0. The average Bonchev–Trinajstić information content (AvgIpc) is 3.93. The normalized spacial score (nSPS) is 18.6. The summed E-state index contributed by atoms with van der Waals surface area (Å²) in [4.78, 5) is 61.2. The van der Waals surface area contributed by atoms with E-state index < -0.39 is 12.1 Å². The number of aromatic amines is 1. The van der Waals surface area contributed by atoms with Crippen molar-refractivity contribution in [2.24, 2.45) is 0 Å². The van der Waals surface area contributed by atoms with E-state index in [0.29, 0.717) is 47.4 Å². The molecule has 3 amide bonds. The number of carbonyl (C=O) groups is 3. The van der Waals surface area contributed by atoms with Crippen molar-refractivity contribution in [2.75, 3.05) is 0 Å². The van der Waals surface area contributed by atoms with Gasteiger partial charge in [-0.3, -0.25) is 19.2 Å². The Morgan fingerprint density at radius 2 is 1.03 bits per heavy atom. The predicted octanol–water partition coefficient (Wildman–Crippen LogP) is 10.2. The van der Waals surface area contributed by atoms with Gasteiger partial charge in [0.2, 0.25) is 17.7 Å². The van der Waals surface area contributed by atoms with E-state index in [0.717, 1.165) is 78.9 Å². The Bertz CT molecular complexity index is 3430. The fourth-order valence-corrected chi connectivity index (χ4v) is 9.80. The molecule has 0 aliphatic carbocycles. The summed E-state index contributed by atoms with van der Waals surface area (Å²) < 4.78 is 19.4. The lowest BCUT2D eigenvalue weighted by atomic mass is 10.0. The number of para-hydroxylation sites is 1. The van der Waals surface area contributed by atoms with E-state index in [-0.39, 0.29) is 42.6 Å². The van der Waals surface area contributed by atoms with E-state index in [1.54, 1.807) is 24.7 Å². The summed E-state index contributed by atoms with van der Waals surface area (Å²) in [7, 11) is 0. The van der Waals surface area contributed by atoms with Gasteiger partial charge in [-0.15, -0.1) is 0 Å². The number of hydrogen-bond acceptors (Lipinski definition) is 6. The highest BCUT2D eigenvalue weighted by Gasteiger charge is 2.32. The third kappa shape index (κ3) is 7.92. The van der Waals surface area contributed by atoms with Gasteiger partial charge in [0.25, 0.3) is 5.56 Å². The highest BCUT2D eigenvalue weighted by atomic mass is 35.5. The van der Waals surface area contributed by atoms with Crippen LogP contribution in [0.5, 0.6) is 0 Å². The summed E-state index contributed by atoms with van der Waals surface area (Å²) in [6, 6.07) is 26.7. The van der Waals surface area contributed by atoms with Crippen LogP contribution in [-0.2, 0) is 14.4 Å². The number of nitrogens with one attached hydrogen (secondary N) is 4. The lowest BCUT2D eigenvalue weighted by Gasteiger charge is -2.26. The average molecular weight is 916 g/mol. The van der Waals surface area contributed by atoms with Crippen molar-refractivity contribution in [3.63, 3.8) is 0 Å². The summed E-state index contributed by atoms with van der Waals surface area (Å²) in [6.45, 7) is 11.5. The highest BCUT2D eigenvalue weighted by molar-refractivity contribution is 6.31. The van der Waals surface area contributed by atoms with Crippen molar-refractivity contribution in [3.8, 4) is 0 Å². The van der Waals surface area contributed by atoms with Gasteiger partial charge in [0, 0.05) is 73.0 Å². The van der Waals surface area contributed by atoms with Gasteiger partial charge < -0.3 is 34.6 Å². The largest absolute Gasteiger partial charge is 0.329 e. The molecular weight excluding hydrogens is 869 g/mol. The van der Waals surface area contributed by atoms with Crippen LogP contribution in [0, 0.1) is 5.82 Å². The molecule has 13 nitrogen and oxygen atoms in total. The Morgan fingerprint density at radius 1 is 0.552 bits per heavy atom. The molecule has 0 saturated carbocycles. The number of H-pyrrole nitrogens is 1. The second-order valence-electron chi connectivity index (χ2n) is 16.7. The van der Waals surface area contributed by atoms with E-state index in [4.69, 9.17) is 11.6 Å². The molecule has 3 saturated heterocycles. The number of amides is 3. The summed E-state index contributed by atoms with van der Waals surface area (Å²) in [6.07, 6.45) is 9.27. The van der Waals surface area contributed by atoms with Crippen LogP contribution in [0.15, 0.2) is 151 Å². The molecule has 3 fully saturated rings. The van der Waals surface area contributed by atoms with Crippen molar-refractivity contribution in [3.05, 3.63) is 168 Å². The zero-order valence-corrected chi connectivity index (χ0v) is 36.4. The first kappa shape index (κ1) is 44.4. The molecule has 15 heteroatoms. The summed E-state index contributed by atoms with van der Waals surface area (Å²) >= 11 is 6.17. The van der Waals surface area contributed by atoms with Gasteiger partial charge in [0.05, 0.1) is 16.6 Å². The lowest BCUT2D eigenvalue weighted by molar-refractivity contribution is -0.125. The number of pyridine rings is 3. The van der Waals surface area contributed by atoms with Gasteiger partial charge in [0.15, 0.2) is 0 Å². The van der Waals surface area contributed by atoms with Crippen molar-refractivity contribution in [2.45, 2.75) is 64.1 Å². The number of halogens is 2. The van der Waals surface area contributed by atoms with E-state index in [1.165, 1.54) is 12.1 Å². The minimum atomic E-state index is -0.401. The number of rotatable bonds is 3. The molecule has 3 atom stereocenters. The molecule has 9 heterocycles. The third-order valence-corrected chi connectivity index (χ3v) is 12.8. The Hall–Kier alpha value is -7.84. The van der Waals surface area contributed by atoms with Gasteiger partial charge in [-0.25, -0.2) is 14.4 Å². The monoisotopic (exact) mass is 915 g/mol. The van der Waals surface area contributed by atoms with Crippen LogP contribution in [0.25, 0.3) is 65.7 Å². The molecule has 6 aromatic heterocycles. The Kier molecular flexibility index (Phi) is 11.8. The standard InChI is InChI=1S/C17H14ClN3O.C17H14FN3O.C17H15N3O2.CH4/c2*1-10-4-7-14(17(22)20-10)21-15-9-11(18)5-6-12(15)13-3-2-8-19-16(13)21;1-10-6-7-14(16(21)19-10)20-13-5-3-2-4-11(13)12-8-9-18-17(22)15(12)20;/h2*2-3,5-6,8-9,14H,1,4,7H2,(H,20,22);2-5,8-9,14H,1,6-7H2,(H,18,22)(H,19,21);1H4. The number of fused-ring (bicyclic) bond motifs is 9. The molecular formula is C52H47ClFN9O4. The molecule has 12 rings (SSSR count). The zero-order valence-electron chi connectivity index (χ0n) is 35.6. The quantitative estimate of drug-likeness (QED) is 0.138. The maximum absolute atomic E-state index is 13.7. The first-order chi connectivity index (χ1) is 32.0. The Balaban J connectivity index is 0.000000125. The fraction of sp³-hybridized carbons (Fsp3) is 0.192. The van der Waals surface area contributed by atoms with E-state index in [2.05, 4.69) is 50.6 Å². The molecule has 4 N–H and O–H groups in total. The SMILES string of the molecule is C.C=C1CCC(n2c3cc(Cl)ccc3c3cccnc32)C(=O)N1.C=C1CCC(n2c3cc(F)ccc3c3cccnc32)C(=O)N1.C=C1CCC(n2c3ccccc3c3cc[nH]c(=O)c32)C(=O)N1. The van der Waals surface area contributed by atoms with Crippen molar-refractivity contribution >= 4 is 95.0 Å². The van der Waals surface area contributed by atoms with Crippen LogP contribution in [0.2, 0.25) is 5.02 Å². The van der Waals surface area contributed by atoms with Crippen molar-refractivity contribution in [1.29, 1.82) is 0 Å². The van der Waals surface area contributed by atoms with Crippen LogP contribution < -0.4 is 21.5 Å². The number of benzene rings is 3. The van der Waals surface area contributed by atoms with Crippen LogP contribution >= 0.6 is 11.6 Å². The van der Waals surface area contributed by atoms with Crippen LogP contribution in [0.3, 0.4) is 0 Å². The van der Waals surface area contributed by atoms with E-state index >= 15 is 0 Å². The smallest absolute Gasteiger partial charge is 0.272 e. The molecule has 0 spiro atoms. The second-order valence-corrected chi connectivity index (χ2v) is 17.1. The predicted molar refractivity (Wildman–Crippen MR) is 263 cm³/mol. The molecule has 0 bridgehead atoms. The Labute approximate surface area is 388 Å². The number of nitrogens with zero attached hydrogens (tertiary/aromatic N) is 5. The van der Waals surface area contributed by atoms with Gasteiger partial charge in [-0.1, -0.05) is 63.0 Å². The van der Waals surface area contributed by atoms with Crippen LogP contribution in [0.4, 0.5) is 4.39 Å². The molecule has 0 radical (unpaired) electrons. The van der Waals surface area contributed by atoms with E-state index in [1.807, 2.05) is 86.5 Å². The summed E-state index contributed by atoms with van der Waals surface area (Å²) in [5.41, 5.74) is 6.66. The maximum atomic E-state index is 13.7. The number of piperidine rings is 3. The van der Waals surface area contributed by atoms with Crippen LogP contribution in [-0.4, -0.2) is 46.4 Å². The number of carbonyl (C=O) groups excluding carboxylic acids is 3. The second kappa shape index (κ2) is 17.9. The molecule has 9 aromatic rings. The molecule has 3 aliphatic heterocycles. The van der Waals surface area contributed by atoms with Crippen LogP contribution in [0.1, 0.15) is 64.1 Å². The minimum Gasteiger partial charge on any atom is -0.329 e. The molecule has 67 heavy (non-hydrogen) atoms. The van der Waals surface area contributed by atoms with Gasteiger partial charge in [-0.05, 0) is 105 Å². The third-order valence-electron chi connectivity index (χ3n) is 12.6. The number of hydrogen-bond donors (Lipinski definition) is 4. The maximum Gasteiger partial charge on any atom is 0.272 e. The van der Waals surface area contributed by atoms with E-state index in [9.17, 15) is 23.6 Å². The zero-order chi connectivity index (χ0) is 45.8. The first-order valence-electron chi connectivity index (χ1n) is 21.6. The molecule has 3 unspecified atom stereocenters. The van der Waals surface area contributed by atoms with Gasteiger partial charge in [-0.2, -0.15) is 0 Å². The van der Waals surface area contributed by atoms with Gasteiger partial charge in [0.1, 0.15) is 40.8 Å². The molecule has 3 aliphatic rings. The fourth-order valence-electron chi connectivity index (χ4n) is 9.63. The van der Waals surface area contributed by atoms with Crippen molar-refractivity contribution < 1.29 is 18.8 Å².